The van der Waals surface area contributed by atoms with Crippen LogP contribution < -0.4 is 0 Å². The highest BCUT2D eigenvalue weighted by molar-refractivity contribution is 7.13. The van der Waals surface area contributed by atoms with Crippen LogP contribution in [0.4, 0.5) is 0 Å². The van der Waals surface area contributed by atoms with Crippen LogP contribution >= 0.6 is 34.5 Å². The Balaban J connectivity index is 2.16. The van der Waals surface area contributed by atoms with Crippen molar-refractivity contribution in [1.82, 2.24) is 4.98 Å². The largest absolute Gasteiger partial charge is 0.447 e. The SMILES string of the molecule is C[C@H](C#N)OC(=O)Cc1csc(-c2c(Cl)cccc2Cl)n1. The summed E-state index contributed by atoms with van der Waals surface area (Å²) in [5.41, 5.74) is 1.21. The second-order valence-electron chi connectivity index (χ2n) is 4.18. The Morgan fingerprint density at radius 3 is 2.76 bits per heavy atom. The summed E-state index contributed by atoms with van der Waals surface area (Å²) >= 11 is 13.6. The maximum Gasteiger partial charge on any atom is 0.313 e. The van der Waals surface area contributed by atoms with Crippen molar-refractivity contribution >= 4 is 40.5 Å². The molecule has 0 bridgehead atoms. The smallest absolute Gasteiger partial charge is 0.313 e. The van der Waals surface area contributed by atoms with E-state index in [1.807, 2.05) is 6.07 Å². The van der Waals surface area contributed by atoms with Crippen LogP contribution in [0.2, 0.25) is 10.0 Å². The number of nitrogens with zero attached hydrogens (tertiary/aromatic N) is 2. The molecule has 0 radical (unpaired) electrons. The molecule has 0 N–H and O–H groups in total. The number of esters is 1. The van der Waals surface area contributed by atoms with Crippen molar-refractivity contribution in [2.24, 2.45) is 0 Å². The number of carbonyl (C=O) groups is 1. The maximum atomic E-state index is 11.6. The standard InChI is InChI=1S/C14H10Cl2N2O2S/c1-8(6-17)20-12(19)5-9-7-21-14(18-9)13-10(15)3-2-4-11(13)16/h2-4,7-8H,5H2,1H3/t8-/m1/s1. The summed E-state index contributed by atoms with van der Waals surface area (Å²) in [5.74, 6) is -0.494. The zero-order chi connectivity index (χ0) is 15.4. The molecule has 108 valence electrons. The zero-order valence-electron chi connectivity index (χ0n) is 11.0. The molecule has 1 heterocycles. The molecule has 0 aliphatic heterocycles. The third-order valence-electron chi connectivity index (χ3n) is 2.54. The van der Waals surface area contributed by atoms with Gasteiger partial charge in [-0.05, 0) is 19.1 Å². The van der Waals surface area contributed by atoms with Gasteiger partial charge in [0.05, 0.1) is 22.2 Å². The molecule has 0 unspecified atom stereocenters. The Labute approximate surface area is 135 Å². The Morgan fingerprint density at radius 2 is 2.14 bits per heavy atom. The zero-order valence-corrected chi connectivity index (χ0v) is 13.3. The monoisotopic (exact) mass is 340 g/mol. The Morgan fingerprint density at radius 1 is 1.48 bits per heavy atom. The quantitative estimate of drug-likeness (QED) is 0.785. The fraction of sp³-hybridized carbons (Fsp3) is 0.214. The molecule has 0 amide bonds. The van der Waals surface area contributed by atoms with Gasteiger partial charge in [-0.1, -0.05) is 29.3 Å². The highest BCUT2D eigenvalue weighted by Crippen LogP contribution is 2.36. The number of nitriles is 1. The molecule has 0 saturated carbocycles. The first kappa shape index (κ1) is 15.8. The Kier molecular flexibility index (Phi) is 5.18. The summed E-state index contributed by atoms with van der Waals surface area (Å²) < 4.78 is 4.88. The number of rotatable bonds is 4. The molecule has 0 aliphatic carbocycles. The molecule has 0 saturated heterocycles. The average Bonchev–Trinajstić information content (AvgIpc) is 2.86. The number of hydrogen-bond acceptors (Lipinski definition) is 5. The van der Waals surface area contributed by atoms with Crippen molar-refractivity contribution in [3.63, 3.8) is 0 Å². The second-order valence-corrected chi connectivity index (χ2v) is 5.85. The van der Waals surface area contributed by atoms with Gasteiger partial charge in [-0.3, -0.25) is 4.79 Å². The first-order chi connectivity index (χ1) is 10.0. The molecular weight excluding hydrogens is 331 g/mol. The molecule has 2 aromatic rings. The van der Waals surface area contributed by atoms with Crippen LogP contribution in [0.5, 0.6) is 0 Å². The van der Waals surface area contributed by atoms with Gasteiger partial charge in [0, 0.05) is 10.9 Å². The topological polar surface area (TPSA) is 63.0 Å². The van der Waals surface area contributed by atoms with E-state index in [0.29, 0.717) is 26.3 Å². The number of carbonyl (C=O) groups excluding carboxylic acids is 1. The normalized spacial score (nSPS) is 11.7. The number of benzene rings is 1. The van der Waals surface area contributed by atoms with Crippen molar-refractivity contribution < 1.29 is 9.53 Å². The molecule has 7 heteroatoms. The number of halogens is 2. The summed E-state index contributed by atoms with van der Waals surface area (Å²) in [7, 11) is 0. The molecule has 0 spiro atoms. The van der Waals surface area contributed by atoms with Crippen LogP contribution in [-0.4, -0.2) is 17.1 Å². The minimum absolute atomic E-state index is 0.00456. The average molecular weight is 341 g/mol. The van der Waals surface area contributed by atoms with E-state index in [-0.39, 0.29) is 6.42 Å². The van der Waals surface area contributed by atoms with Crippen LogP contribution in [0.3, 0.4) is 0 Å². The van der Waals surface area contributed by atoms with Gasteiger partial charge in [0.15, 0.2) is 6.10 Å². The van der Waals surface area contributed by atoms with Gasteiger partial charge >= 0.3 is 5.97 Å². The van der Waals surface area contributed by atoms with Crippen molar-refractivity contribution in [2.75, 3.05) is 0 Å². The van der Waals surface area contributed by atoms with Crippen LogP contribution in [0.15, 0.2) is 23.6 Å². The van der Waals surface area contributed by atoms with Gasteiger partial charge in [-0.25, -0.2) is 4.98 Å². The molecule has 4 nitrogen and oxygen atoms in total. The van der Waals surface area contributed by atoms with Gasteiger partial charge in [-0.2, -0.15) is 5.26 Å². The molecule has 1 aromatic carbocycles. The number of hydrogen-bond donors (Lipinski definition) is 0. The molecular formula is C14H10Cl2N2O2S. The summed E-state index contributed by atoms with van der Waals surface area (Å²) in [5, 5.41) is 12.0. The Bertz CT molecular complexity index is 689. The minimum Gasteiger partial charge on any atom is -0.447 e. The van der Waals surface area contributed by atoms with Gasteiger partial charge in [0.1, 0.15) is 11.1 Å². The molecule has 0 fully saturated rings. The first-order valence-electron chi connectivity index (χ1n) is 5.99. The van der Waals surface area contributed by atoms with Crippen LogP contribution in [0.25, 0.3) is 10.6 Å². The van der Waals surface area contributed by atoms with Crippen molar-refractivity contribution in [1.29, 1.82) is 5.26 Å². The Hall–Kier alpha value is -1.61. The number of ether oxygens (including phenoxy) is 1. The summed E-state index contributed by atoms with van der Waals surface area (Å²) in [6.45, 7) is 1.51. The fourth-order valence-corrected chi connectivity index (χ4v) is 3.20. The van der Waals surface area contributed by atoms with E-state index in [9.17, 15) is 4.79 Å². The molecule has 0 aliphatic rings. The minimum atomic E-state index is -0.770. The van der Waals surface area contributed by atoms with E-state index in [0.717, 1.165) is 0 Å². The third-order valence-corrected chi connectivity index (χ3v) is 4.08. The van der Waals surface area contributed by atoms with Crippen molar-refractivity contribution in [2.45, 2.75) is 19.4 Å². The van der Waals surface area contributed by atoms with Crippen molar-refractivity contribution in [3.8, 4) is 16.6 Å². The number of aromatic nitrogens is 1. The van der Waals surface area contributed by atoms with Gasteiger partial charge in [0.25, 0.3) is 0 Å². The molecule has 2 rings (SSSR count). The fourth-order valence-electron chi connectivity index (χ4n) is 1.62. The predicted octanol–water partition coefficient (Wildman–Crippen LogP) is 4.11. The first-order valence-corrected chi connectivity index (χ1v) is 7.62. The molecule has 1 atom stereocenters. The highest BCUT2D eigenvalue weighted by atomic mass is 35.5. The summed E-state index contributed by atoms with van der Waals surface area (Å²) in [4.78, 5) is 15.9. The van der Waals surface area contributed by atoms with Crippen molar-refractivity contribution in [3.05, 3.63) is 39.3 Å². The lowest BCUT2D eigenvalue weighted by atomic mass is 10.2. The summed E-state index contributed by atoms with van der Waals surface area (Å²) in [6.07, 6.45) is -0.765. The van der Waals surface area contributed by atoms with Gasteiger partial charge in [0.2, 0.25) is 0 Å². The van der Waals surface area contributed by atoms with E-state index < -0.39 is 12.1 Å². The second kappa shape index (κ2) is 6.90. The van der Waals surface area contributed by atoms with E-state index in [2.05, 4.69) is 4.98 Å². The van der Waals surface area contributed by atoms with Gasteiger partial charge < -0.3 is 4.74 Å². The van der Waals surface area contributed by atoms with E-state index in [1.54, 1.807) is 23.6 Å². The lowest BCUT2D eigenvalue weighted by Gasteiger charge is -2.04. The lowest BCUT2D eigenvalue weighted by molar-refractivity contribution is -0.145. The third kappa shape index (κ3) is 3.94. The van der Waals surface area contributed by atoms with E-state index in [4.69, 9.17) is 33.2 Å². The molecule has 21 heavy (non-hydrogen) atoms. The van der Waals surface area contributed by atoms with E-state index in [1.165, 1.54) is 18.3 Å². The predicted molar refractivity (Wildman–Crippen MR) is 82.4 cm³/mol. The highest BCUT2D eigenvalue weighted by Gasteiger charge is 2.15. The molecule has 1 aromatic heterocycles. The van der Waals surface area contributed by atoms with Crippen LogP contribution in [0, 0.1) is 11.3 Å². The maximum absolute atomic E-state index is 11.6. The van der Waals surface area contributed by atoms with Gasteiger partial charge in [-0.15, -0.1) is 11.3 Å². The summed E-state index contributed by atoms with van der Waals surface area (Å²) in [6, 6.07) is 7.04. The van der Waals surface area contributed by atoms with E-state index >= 15 is 0 Å². The number of thiazole rings is 1. The lowest BCUT2D eigenvalue weighted by Crippen LogP contribution is -2.15. The van der Waals surface area contributed by atoms with Crippen LogP contribution in [-0.2, 0) is 16.0 Å². The van der Waals surface area contributed by atoms with Crippen LogP contribution in [0.1, 0.15) is 12.6 Å².